The van der Waals surface area contributed by atoms with Gasteiger partial charge in [0, 0.05) is 12.3 Å². The lowest BCUT2D eigenvalue weighted by atomic mass is 10.3. The Morgan fingerprint density at radius 3 is 2.62 bits per heavy atom. The molecule has 0 spiro atoms. The Balaban J connectivity index is 1.85. The zero-order valence-electron chi connectivity index (χ0n) is 15.0. The molecule has 0 saturated carbocycles. The Morgan fingerprint density at radius 1 is 1.19 bits per heavy atom. The molecular weight excluding hydrogens is 392 g/mol. The van der Waals surface area contributed by atoms with Crippen molar-refractivity contribution in [2.75, 3.05) is 54.9 Å². The van der Waals surface area contributed by atoms with Crippen molar-refractivity contribution in [3.8, 4) is 0 Å². The van der Waals surface area contributed by atoms with Crippen LogP contribution in [0.4, 0.5) is 5.82 Å². The third-order valence-corrected chi connectivity index (χ3v) is 6.82. The van der Waals surface area contributed by atoms with E-state index in [1.54, 1.807) is 18.1 Å². The molecule has 0 atom stereocenters. The van der Waals surface area contributed by atoms with Gasteiger partial charge in [0.15, 0.2) is 5.82 Å². The fourth-order valence-electron chi connectivity index (χ4n) is 2.87. The van der Waals surface area contributed by atoms with E-state index < -0.39 is 11.2 Å². The van der Waals surface area contributed by atoms with E-state index >= 15 is 0 Å². The highest BCUT2D eigenvalue weighted by Crippen LogP contribution is 2.30. The molecule has 10 heteroatoms. The first kappa shape index (κ1) is 19.9. The summed E-state index contributed by atoms with van der Waals surface area (Å²) >= 11 is 7.11. The van der Waals surface area contributed by atoms with Crippen molar-refractivity contribution < 1.29 is 4.55 Å². The van der Waals surface area contributed by atoms with Crippen molar-refractivity contribution >= 4 is 51.4 Å². The van der Waals surface area contributed by atoms with E-state index in [0.717, 1.165) is 30.4 Å². The van der Waals surface area contributed by atoms with Crippen LogP contribution in [0.25, 0.3) is 11.0 Å². The summed E-state index contributed by atoms with van der Waals surface area (Å²) in [4.78, 5) is 22.1. The number of fused-ring (bicyclic) bond motifs is 1. The highest BCUT2D eigenvalue weighted by Gasteiger charge is 2.24. The maximum Gasteiger partial charge on any atom is 0.225 e. The fraction of sp³-hybridized carbons (Fsp3) is 0.625. The minimum absolute atomic E-state index is 0.194. The fourth-order valence-corrected chi connectivity index (χ4v) is 5.03. The number of aromatic nitrogens is 4. The first-order valence-electron chi connectivity index (χ1n) is 8.75. The van der Waals surface area contributed by atoms with Crippen molar-refractivity contribution in [3.05, 3.63) is 11.6 Å². The normalized spacial score (nSPS) is 16.0. The molecule has 0 aromatic carbocycles. The summed E-state index contributed by atoms with van der Waals surface area (Å²) in [6.45, 7) is 8.77. The Kier molecular flexibility index (Phi) is 7.16. The average Bonchev–Trinajstić information content (AvgIpc) is 2.65. The molecule has 2 aromatic rings. The molecule has 0 aliphatic carbocycles. The predicted molar refractivity (Wildman–Crippen MR) is 109 cm³/mol. The molecule has 142 valence electrons. The molecule has 1 fully saturated rings. The van der Waals surface area contributed by atoms with Crippen LogP contribution in [0.3, 0.4) is 0 Å². The van der Waals surface area contributed by atoms with Crippen LogP contribution in [0.5, 0.6) is 0 Å². The number of rotatable bonds is 7. The number of hydrogen-bond acceptors (Lipinski definition) is 8. The molecule has 1 aliphatic heterocycles. The van der Waals surface area contributed by atoms with Gasteiger partial charge >= 0.3 is 0 Å². The molecule has 0 N–H and O–H groups in total. The molecule has 1 saturated heterocycles. The summed E-state index contributed by atoms with van der Waals surface area (Å²) in [5.74, 6) is 2.91. The van der Waals surface area contributed by atoms with E-state index in [0.29, 0.717) is 41.4 Å². The van der Waals surface area contributed by atoms with E-state index in [4.69, 9.17) is 11.6 Å². The molecule has 0 bridgehead atoms. The minimum atomic E-state index is -0.749. The standard InChI is InChI=1S/C16H23ClN6OS2/c1-3-22(4-2)5-8-25-15-13-12(18-11-19-15)14(21-16(17)20-13)23-6-9-26(24)10-7-23/h11H,3-10H2,1-2H3. The van der Waals surface area contributed by atoms with Crippen LogP contribution in [-0.2, 0) is 11.2 Å². The number of nitrogens with zero attached hydrogens (tertiary/aromatic N) is 6. The third-order valence-electron chi connectivity index (χ3n) is 4.42. The summed E-state index contributed by atoms with van der Waals surface area (Å²) in [5.41, 5.74) is 1.40. The Hall–Kier alpha value is -0.870. The van der Waals surface area contributed by atoms with Gasteiger partial charge in [0.25, 0.3) is 0 Å². The van der Waals surface area contributed by atoms with E-state index in [-0.39, 0.29) is 5.28 Å². The van der Waals surface area contributed by atoms with Gasteiger partial charge in [0.2, 0.25) is 5.28 Å². The highest BCUT2D eigenvalue weighted by atomic mass is 35.5. The molecular formula is C16H23ClN6OS2. The smallest absolute Gasteiger partial charge is 0.225 e. The SMILES string of the molecule is CCN(CC)CCSc1ncnc2c(N3CC[S+]([O-])CC3)nc(Cl)nc12. The maximum absolute atomic E-state index is 11.6. The lowest BCUT2D eigenvalue weighted by Gasteiger charge is -2.29. The first-order valence-corrected chi connectivity index (χ1v) is 11.6. The van der Waals surface area contributed by atoms with Crippen LogP contribution in [0.1, 0.15) is 13.8 Å². The quantitative estimate of drug-likeness (QED) is 0.295. The second kappa shape index (κ2) is 9.36. The molecule has 2 aromatic heterocycles. The van der Waals surface area contributed by atoms with E-state index in [2.05, 4.69) is 43.6 Å². The van der Waals surface area contributed by atoms with Gasteiger partial charge in [-0.25, -0.2) is 15.0 Å². The van der Waals surface area contributed by atoms with Gasteiger partial charge in [0.05, 0.1) is 13.1 Å². The Morgan fingerprint density at radius 2 is 1.92 bits per heavy atom. The second-order valence-corrected chi connectivity index (χ2v) is 9.02. The number of anilines is 1. The first-order chi connectivity index (χ1) is 12.6. The molecule has 7 nitrogen and oxygen atoms in total. The molecule has 0 amide bonds. The molecule has 0 radical (unpaired) electrons. The number of thioether (sulfide) groups is 1. The van der Waals surface area contributed by atoms with Crippen molar-refractivity contribution in [1.29, 1.82) is 0 Å². The second-order valence-electron chi connectivity index (χ2n) is 5.90. The van der Waals surface area contributed by atoms with Crippen LogP contribution in [0.15, 0.2) is 11.4 Å². The van der Waals surface area contributed by atoms with Crippen molar-refractivity contribution in [3.63, 3.8) is 0 Å². The van der Waals surface area contributed by atoms with Crippen LogP contribution in [0, 0.1) is 0 Å². The molecule has 3 rings (SSSR count). The Labute approximate surface area is 166 Å². The summed E-state index contributed by atoms with van der Waals surface area (Å²) < 4.78 is 11.6. The van der Waals surface area contributed by atoms with Crippen LogP contribution in [0.2, 0.25) is 5.28 Å². The van der Waals surface area contributed by atoms with Gasteiger partial charge in [-0.15, -0.1) is 11.8 Å². The van der Waals surface area contributed by atoms with Crippen LogP contribution < -0.4 is 4.90 Å². The average molecular weight is 415 g/mol. The monoisotopic (exact) mass is 414 g/mol. The van der Waals surface area contributed by atoms with Gasteiger partial charge < -0.3 is 14.4 Å². The highest BCUT2D eigenvalue weighted by molar-refractivity contribution is 7.99. The molecule has 1 aliphatic rings. The summed E-state index contributed by atoms with van der Waals surface area (Å²) in [6, 6.07) is 0. The van der Waals surface area contributed by atoms with E-state index in [1.165, 1.54) is 0 Å². The zero-order valence-corrected chi connectivity index (χ0v) is 17.4. The third kappa shape index (κ3) is 4.69. The molecule has 0 unspecified atom stereocenters. The lowest BCUT2D eigenvalue weighted by molar-refractivity contribution is 0.324. The van der Waals surface area contributed by atoms with Crippen LogP contribution in [-0.4, -0.2) is 79.4 Å². The maximum atomic E-state index is 11.6. The predicted octanol–water partition coefficient (Wildman–Crippen LogP) is 2.08. The van der Waals surface area contributed by atoms with Gasteiger partial charge in [-0.1, -0.05) is 25.0 Å². The van der Waals surface area contributed by atoms with Gasteiger partial charge in [0.1, 0.15) is 33.9 Å². The van der Waals surface area contributed by atoms with Crippen molar-refractivity contribution in [2.45, 2.75) is 18.9 Å². The molecule has 3 heterocycles. The Bertz CT molecular complexity index is 740. The van der Waals surface area contributed by atoms with Crippen LogP contribution >= 0.6 is 23.4 Å². The van der Waals surface area contributed by atoms with Gasteiger partial charge in [-0.3, -0.25) is 0 Å². The lowest BCUT2D eigenvalue weighted by Crippen LogP contribution is -2.41. The van der Waals surface area contributed by atoms with Crippen molar-refractivity contribution in [1.82, 2.24) is 24.8 Å². The van der Waals surface area contributed by atoms with Gasteiger partial charge in [-0.2, -0.15) is 4.98 Å². The minimum Gasteiger partial charge on any atom is -0.616 e. The number of hydrogen-bond donors (Lipinski definition) is 0. The number of halogens is 1. The summed E-state index contributed by atoms with van der Waals surface area (Å²) in [6.07, 6.45) is 1.56. The van der Waals surface area contributed by atoms with Gasteiger partial charge in [-0.05, 0) is 24.7 Å². The molecule has 26 heavy (non-hydrogen) atoms. The van der Waals surface area contributed by atoms with E-state index in [9.17, 15) is 4.55 Å². The van der Waals surface area contributed by atoms with Crippen molar-refractivity contribution in [2.24, 2.45) is 0 Å². The topological polar surface area (TPSA) is 81.1 Å². The van der Waals surface area contributed by atoms with E-state index in [1.807, 2.05) is 0 Å². The summed E-state index contributed by atoms with van der Waals surface area (Å²) in [7, 11) is 0. The zero-order chi connectivity index (χ0) is 18.5. The summed E-state index contributed by atoms with van der Waals surface area (Å²) in [5, 5.41) is 1.02. The largest absolute Gasteiger partial charge is 0.616 e.